The van der Waals surface area contributed by atoms with Gasteiger partial charge in [0.25, 0.3) is 5.91 Å². The maximum absolute atomic E-state index is 12.3. The Morgan fingerprint density at radius 3 is 2.32 bits per heavy atom. The number of ether oxygens (including phenoxy) is 1. The van der Waals surface area contributed by atoms with E-state index in [1.807, 2.05) is 12.1 Å². The predicted octanol–water partition coefficient (Wildman–Crippen LogP) is 4.32. The number of carbonyl (C=O) groups excluding carboxylic acids is 2. The first-order valence-corrected chi connectivity index (χ1v) is 8.34. The van der Waals surface area contributed by atoms with Crippen LogP contribution in [0.5, 0.6) is 5.75 Å². The Morgan fingerprint density at radius 2 is 1.68 bits per heavy atom. The van der Waals surface area contributed by atoms with Crippen molar-refractivity contribution in [3.8, 4) is 5.75 Å². The van der Waals surface area contributed by atoms with Crippen LogP contribution in [0.15, 0.2) is 48.5 Å². The van der Waals surface area contributed by atoms with E-state index >= 15 is 0 Å². The van der Waals surface area contributed by atoms with Gasteiger partial charge in [0, 0.05) is 17.7 Å². The van der Waals surface area contributed by atoms with Crippen LogP contribution >= 0.6 is 0 Å². The lowest BCUT2D eigenvalue weighted by molar-refractivity contribution is -0.116. The zero-order chi connectivity index (χ0) is 18.2. The van der Waals surface area contributed by atoms with E-state index in [1.54, 1.807) is 43.5 Å². The molecule has 2 rings (SSSR count). The average Bonchev–Trinajstić information content (AvgIpc) is 2.61. The fraction of sp³-hybridized carbons (Fsp3) is 0.300. The SMILES string of the molecule is COc1ccccc1NC(=O)c1ccc(NC(=O)CCC(C)C)cc1. The topological polar surface area (TPSA) is 67.4 Å². The lowest BCUT2D eigenvalue weighted by Crippen LogP contribution is -2.14. The minimum Gasteiger partial charge on any atom is -0.495 e. The van der Waals surface area contributed by atoms with Gasteiger partial charge in [-0.25, -0.2) is 0 Å². The highest BCUT2D eigenvalue weighted by Gasteiger charge is 2.10. The van der Waals surface area contributed by atoms with Crippen LogP contribution in [0.25, 0.3) is 0 Å². The molecule has 5 nitrogen and oxygen atoms in total. The quantitative estimate of drug-likeness (QED) is 0.788. The van der Waals surface area contributed by atoms with E-state index in [0.717, 1.165) is 6.42 Å². The molecule has 0 aliphatic carbocycles. The fourth-order valence-corrected chi connectivity index (χ4v) is 2.29. The van der Waals surface area contributed by atoms with Gasteiger partial charge >= 0.3 is 0 Å². The molecule has 0 atom stereocenters. The number of carbonyl (C=O) groups is 2. The molecule has 0 saturated carbocycles. The number of para-hydroxylation sites is 2. The summed E-state index contributed by atoms with van der Waals surface area (Å²) in [6.45, 7) is 4.17. The Bertz CT molecular complexity index is 724. The number of methoxy groups -OCH3 is 1. The number of amides is 2. The van der Waals surface area contributed by atoms with E-state index in [9.17, 15) is 9.59 Å². The molecule has 0 fully saturated rings. The number of hydrogen-bond donors (Lipinski definition) is 2. The minimum absolute atomic E-state index is 0.0140. The van der Waals surface area contributed by atoms with Gasteiger partial charge in [-0.2, -0.15) is 0 Å². The van der Waals surface area contributed by atoms with Crippen molar-refractivity contribution in [2.75, 3.05) is 17.7 Å². The third kappa shape index (κ3) is 5.64. The summed E-state index contributed by atoms with van der Waals surface area (Å²) in [5.41, 5.74) is 1.80. The summed E-state index contributed by atoms with van der Waals surface area (Å²) in [4.78, 5) is 24.2. The van der Waals surface area contributed by atoms with Gasteiger partial charge in [0.2, 0.25) is 5.91 Å². The molecular formula is C20H24N2O3. The smallest absolute Gasteiger partial charge is 0.255 e. The lowest BCUT2D eigenvalue weighted by Gasteiger charge is -2.10. The van der Waals surface area contributed by atoms with E-state index in [1.165, 1.54) is 0 Å². The van der Waals surface area contributed by atoms with Crippen LogP contribution in [0.2, 0.25) is 0 Å². The van der Waals surface area contributed by atoms with Gasteiger partial charge < -0.3 is 15.4 Å². The largest absolute Gasteiger partial charge is 0.495 e. The summed E-state index contributed by atoms with van der Waals surface area (Å²) >= 11 is 0. The van der Waals surface area contributed by atoms with Gasteiger partial charge in [0.1, 0.15) is 5.75 Å². The molecule has 2 aromatic rings. The van der Waals surface area contributed by atoms with Crippen molar-refractivity contribution in [1.82, 2.24) is 0 Å². The fourth-order valence-electron chi connectivity index (χ4n) is 2.29. The molecule has 2 N–H and O–H groups in total. The third-order valence-electron chi connectivity index (χ3n) is 3.73. The van der Waals surface area contributed by atoms with Gasteiger partial charge in [-0.1, -0.05) is 26.0 Å². The maximum atomic E-state index is 12.3. The number of rotatable bonds is 7. The summed E-state index contributed by atoms with van der Waals surface area (Å²) < 4.78 is 5.22. The van der Waals surface area contributed by atoms with Crippen LogP contribution < -0.4 is 15.4 Å². The zero-order valence-electron chi connectivity index (χ0n) is 14.8. The van der Waals surface area contributed by atoms with Crippen molar-refractivity contribution in [2.24, 2.45) is 5.92 Å². The Kier molecular flexibility index (Phi) is 6.57. The van der Waals surface area contributed by atoms with Crippen LogP contribution in [-0.2, 0) is 4.79 Å². The first-order chi connectivity index (χ1) is 12.0. The third-order valence-corrected chi connectivity index (χ3v) is 3.73. The molecule has 0 unspecified atom stereocenters. The molecule has 0 radical (unpaired) electrons. The molecule has 0 aliphatic heterocycles. The Labute approximate surface area is 148 Å². The molecule has 0 aromatic heterocycles. The molecule has 2 aromatic carbocycles. The van der Waals surface area contributed by atoms with E-state index in [4.69, 9.17) is 4.74 Å². The first-order valence-electron chi connectivity index (χ1n) is 8.34. The van der Waals surface area contributed by atoms with E-state index in [-0.39, 0.29) is 11.8 Å². The number of benzene rings is 2. The minimum atomic E-state index is -0.234. The molecule has 0 spiro atoms. The van der Waals surface area contributed by atoms with Crippen molar-refractivity contribution in [2.45, 2.75) is 26.7 Å². The van der Waals surface area contributed by atoms with Crippen LogP contribution in [0.1, 0.15) is 37.0 Å². The van der Waals surface area contributed by atoms with Crippen molar-refractivity contribution in [1.29, 1.82) is 0 Å². The molecule has 132 valence electrons. The number of nitrogens with one attached hydrogen (secondary N) is 2. The van der Waals surface area contributed by atoms with Crippen molar-refractivity contribution in [3.05, 3.63) is 54.1 Å². The van der Waals surface area contributed by atoms with Gasteiger partial charge in [-0.15, -0.1) is 0 Å². The second kappa shape index (κ2) is 8.87. The molecule has 2 amide bonds. The van der Waals surface area contributed by atoms with E-state index < -0.39 is 0 Å². The van der Waals surface area contributed by atoms with Gasteiger partial charge in [0.15, 0.2) is 0 Å². The number of anilines is 2. The Morgan fingerprint density at radius 1 is 1.00 bits per heavy atom. The number of hydrogen-bond acceptors (Lipinski definition) is 3. The molecule has 0 saturated heterocycles. The first kappa shape index (κ1) is 18.5. The molecule has 25 heavy (non-hydrogen) atoms. The van der Waals surface area contributed by atoms with Gasteiger partial charge in [-0.3, -0.25) is 9.59 Å². The van der Waals surface area contributed by atoms with E-state index in [2.05, 4.69) is 24.5 Å². The molecule has 0 aliphatic rings. The summed E-state index contributed by atoms with van der Waals surface area (Å²) in [6.07, 6.45) is 1.35. The summed E-state index contributed by atoms with van der Waals surface area (Å²) in [7, 11) is 1.56. The average molecular weight is 340 g/mol. The van der Waals surface area contributed by atoms with Gasteiger partial charge in [0.05, 0.1) is 12.8 Å². The van der Waals surface area contributed by atoms with Crippen LogP contribution in [0, 0.1) is 5.92 Å². The van der Waals surface area contributed by atoms with Crippen LogP contribution in [-0.4, -0.2) is 18.9 Å². The second-order valence-electron chi connectivity index (χ2n) is 6.21. The van der Waals surface area contributed by atoms with Crippen molar-refractivity contribution < 1.29 is 14.3 Å². The lowest BCUT2D eigenvalue weighted by atomic mass is 10.1. The Hall–Kier alpha value is -2.82. The zero-order valence-corrected chi connectivity index (χ0v) is 14.8. The highest BCUT2D eigenvalue weighted by Crippen LogP contribution is 2.23. The standard InChI is InChI=1S/C20H24N2O3/c1-14(2)8-13-19(23)21-16-11-9-15(10-12-16)20(24)22-17-6-4-5-7-18(17)25-3/h4-7,9-12,14H,8,13H2,1-3H3,(H,21,23)(H,22,24). The second-order valence-corrected chi connectivity index (χ2v) is 6.21. The maximum Gasteiger partial charge on any atom is 0.255 e. The highest BCUT2D eigenvalue weighted by atomic mass is 16.5. The normalized spacial score (nSPS) is 10.4. The van der Waals surface area contributed by atoms with Crippen molar-refractivity contribution in [3.63, 3.8) is 0 Å². The summed E-state index contributed by atoms with van der Waals surface area (Å²) in [5, 5.41) is 5.66. The van der Waals surface area contributed by atoms with E-state index in [0.29, 0.717) is 35.0 Å². The monoisotopic (exact) mass is 340 g/mol. The molecule has 5 heteroatoms. The molecular weight excluding hydrogens is 316 g/mol. The molecule has 0 bridgehead atoms. The highest BCUT2D eigenvalue weighted by molar-refractivity contribution is 6.05. The van der Waals surface area contributed by atoms with Crippen LogP contribution in [0.3, 0.4) is 0 Å². The summed E-state index contributed by atoms with van der Waals surface area (Å²) in [5.74, 6) is 0.846. The molecule has 0 heterocycles. The Balaban J connectivity index is 1.97. The predicted molar refractivity (Wildman–Crippen MR) is 100 cm³/mol. The van der Waals surface area contributed by atoms with Crippen LogP contribution in [0.4, 0.5) is 11.4 Å². The van der Waals surface area contributed by atoms with Crippen molar-refractivity contribution >= 4 is 23.2 Å². The summed E-state index contributed by atoms with van der Waals surface area (Å²) in [6, 6.07) is 14.0. The van der Waals surface area contributed by atoms with Gasteiger partial charge in [-0.05, 0) is 48.7 Å².